The van der Waals surface area contributed by atoms with Crippen molar-refractivity contribution in [2.75, 3.05) is 59.8 Å². The van der Waals surface area contributed by atoms with Crippen LogP contribution in [-0.4, -0.2) is 138 Å². The number of nitrogens with zero attached hydrogens (tertiary/aromatic N) is 21. The van der Waals surface area contributed by atoms with Gasteiger partial charge in [0, 0.05) is 46.6 Å². The predicted molar refractivity (Wildman–Crippen MR) is 462 cm³/mol. The SMILES string of the molecule is CCC(C)CC(=O)Nc1cccc(-n2ncc3c(N)ncnc32)c1.CCCCS(=O)(=O)Nc1cccc(-n2ncc3c(N)ncnc32)c1.Nc1ncnc2c1cnn2-c1ccc(-n2cccc2)cc1.Nc1ncnc2c1cnn2-c1cccc(NC(=O)Nc2ccsc2)c1.Nc1ncnc2c1cnn2-c1cccc(NS(=O)(=O)c2ccsc2)c1. The molecular weight excluding hydrogens is 1600 g/mol. The third-order valence-corrected chi connectivity index (χ3v) is 22.3. The van der Waals surface area contributed by atoms with E-state index in [1.54, 1.807) is 126 Å². The van der Waals surface area contributed by atoms with E-state index in [-0.39, 0.29) is 22.6 Å². The molecule has 1 atom stereocenters. The van der Waals surface area contributed by atoms with Gasteiger partial charge in [0.15, 0.2) is 28.2 Å². The lowest BCUT2D eigenvalue weighted by atomic mass is 10.1. The van der Waals surface area contributed by atoms with Crippen molar-refractivity contribution < 1.29 is 26.4 Å². The number of rotatable bonds is 20. The van der Waals surface area contributed by atoms with Crippen LogP contribution in [0.5, 0.6) is 0 Å². The van der Waals surface area contributed by atoms with Crippen LogP contribution in [0, 0.1) is 5.92 Å². The van der Waals surface area contributed by atoms with Crippen LogP contribution in [0.1, 0.15) is 46.5 Å². The first-order chi connectivity index (χ1) is 57.7. The lowest BCUT2D eigenvalue weighted by molar-refractivity contribution is -0.117. The summed E-state index contributed by atoms with van der Waals surface area (Å²) in [6, 6.07) is 43.8. The standard InChI is InChI=1S/C17H20N6O.C16H13N7OS.C15H12N6O2S2.C15H18N6O2S.C15H12N6/c1-3-11(2)7-15(24)22-12-5-4-6-13(8-12)23-17-14(9-21-23)16(18)19-10-20-17;17-14-13-7-20-23(15(13)19-9-18-14)12-3-1-2-10(6-12)21-16(24)22-11-4-5-25-8-11;16-14-13-7-19-21(15(13)18-9-17-14)11-3-1-2-10(6-11)20-25(22,23)12-4-5-24-8-12;1-2-3-7-24(22,23)20-11-5-4-6-12(8-11)21-15-13(9-19-21)14(16)17-10-18-15;16-14-13-9-19-21(15(13)18-10-17-14)12-5-3-11(4-6-12)20-7-1-2-8-20/h4-6,8-11H,3,7H2,1-2H3,(H,22,24)(H2,18,19,20);1-9H,(H2,17,18,19)(H2,21,22,24);1-9,20H,(H2,16,17,18);4-6,8-10,20H,2-3,7H2,1H3,(H2,16,17,18);1-10H,(H2,16,17,18). The average Bonchev–Trinajstić information content (AvgIpc) is 1.68. The number of anilines is 10. The molecule has 1 unspecified atom stereocenters. The van der Waals surface area contributed by atoms with Crippen LogP contribution in [0.2, 0.25) is 0 Å². The number of aromatic nitrogens is 21. The van der Waals surface area contributed by atoms with Crippen LogP contribution in [0.25, 0.3) is 89.3 Å². The van der Waals surface area contributed by atoms with Gasteiger partial charge in [0.1, 0.15) is 60.7 Å². The molecule has 0 aliphatic carbocycles. The molecule has 18 rings (SSSR count). The van der Waals surface area contributed by atoms with E-state index in [0.29, 0.717) is 126 Å². The fourth-order valence-corrected chi connectivity index (χ4v) is 15.8. The summed E-state index contributed by atoms with van der Waals surface area (Å²) in [4.78, 5) is 65.2. The Morgan fingerprint density at radius 3 is 1.18 bits per heavy atom. The number of urea groups is 1. The first-order valence-electron chi connectivity index (χ1n) is 36.5. The molecule has 41 heteroatoms. The molecule has 602 valence electrons. The van der Waals surface area contributed by atoms with Crippen molar-refractivity contribution in [1.29, 1.82) is 0 Å². The van der Waals surface area contributed by atoms with Gasteiger partial charge in [0.25, 0.3) is 10.0 Å². The molecular formula is C78H75N31O6S4. The number of hydrogen-bond acceptors (Lipinski definition) is 28. The summed E-state index contributed by atoms with van der Waals surface area (Å²) in [5.74, 6) is 2.37. The Bertz CT molecular complexity index is 6810. The first kappa shape index (κ1) is 80.4. The van der Waals surface area contributed by atoms with Gasteiger partial charge in [-0.3, -0.25) is 14.2 Å². The molecule has 0 fully saturated rings. The van der Waals surface area contributed by atoms with Gasteiger partial charge in [-0.2, -0.15) is 48.2 Å². The number of benzene rings is 5. The summed E-state index contributed by atoms with van der Waals surface area (Å²) in [5.41, 5.74) is 40.1. The van der Waals surface area contributed by atoms with E-state index in [1.807, 2.05) is 120 Å². The molecule has 3 amide bonds. The molecule has 119 heavy (non-hydrogen) atoms. The van der Waals surface area contributed by atoms with Gasteiger partial charge in [-0.05, 0) is 144 Å². The number of nitrogens with two attached hydrogens (primary N) is 5. The lowest BCUT2D eigenvalue weighted by Gasteiger charge is -2.10. The minimum atomic E-state index is -3.62. The molecule has 13 aromatic heterocycles. The Morgan fingerprint density at radius 1 is 0.412 bits per heavy atom. The molecule has 15 N–H and O–H groups in total. The van der Waals surface area contributed by atoms with E-state index in [1.165, 1.54) is 54.3 Å². The van der Waals surface area contributed by atoms with Crippen molar-refractivity contribution in [1.82, 2.24) is 103 Å². The molecule has 13 heterocycles. The third-order valence-electron chi connectivity index (χ3n) is 18.0. The number of fused-ring (bicyclic) bond motifs is 5. The van der Waals surface area contributed by atoms with Crippen molar-refractivity contribution in [2.45, 2.75) is 51.3 Å². The zero-order chi connectivity index (χ0) is 83.2. The number of carbonyl (C=O) groups is 2. The van der Waals surface area contributed by atoms with Gasteiger partial charge in [-0.25, -0.2) is 94.9 Å². The largest absolute Gasteiger partial charge is 0.383 e. The maximum atomic E-state index is 12.4. The fourth-order valence-electron chi connectivity index (χ4n) is 11.8. The highest BCUT2D eigenvalue weighted by molar-refractivity contribution is 7.93. The van der Waals surface area contributed by atoms with Crippen LogP contribution < -0.4 is 54.1 Å². The smallest absolute Gasteiger partial charge is 0.323 e. The number of carbonyl (C=O) groups excluding carboxylic acids is 2. The number of sulfonamides is 2. The van der Waals surface area contributed by atoms with Crippen molar-refractivity contribution >= 4 is 167 Å². The lowest BCUT2D eigenvalue weighted by Crippen LogP contribution is -2.19. The second-order valence-electron chi connectivity index (χ2n) is 26.3. The minimum Gasteiger partial charge on any atom is -0.383 e. The van der Waals surface area contributed by atoms with Gasteiger partial charge >= 0.3 is 6.03 Å². The molecule has 0 bridgehead atoms. The Kier molecular flexibility index (Phi) is 24.4. The monoisotopic (exact) mass is 1670 g/mol. The van der Waals surface area contributed by atoms with Crippen LogP contribution in [-0.2, 0) is 24.8 Å². The first-order valence-corrected chi connectivity index (χ1v) is 41.5. The van der Waals surface area contributed by atoms with Gasteiger partial charge in [-0.15, -0.1) is 0 Å². The second kappa shape index (κ2) is 36.1. The van der Waals surface area contributed by atoms with Crippen LogP contribution >= 0.6 is 22.7 Å². The zero-order valence-electron chi connectivity index (χ0n) is 63.6. The molecule has 0 aliphatic rings. The summed E-state index contributed by atoms with van der Waals surface area (Å²) in [7, 11) is -6.98. The van der Waals surface area contributed by atoms with E-state index in [4.69, 9.17) is 28.7 Å². The maximum Gasteiger partial charge on any atom is 0.323 e. The third kappa shape index (κ3) is 19.1. The summed E-state index contributed by atoms with van der Waals surface area (Å²) in [5, 5.41) is 40.5. The highest BCUT2D eigenvalue weighted by atomic mass is 32.2. The predicted octanol–water partition coefficient (Wildman–Crippen LogP) is 12.3. The molecule has 0 radical (unpaired) electrons. The van der Waals surface area contributed by atoms with Crippen molar-refractivity contribution in [3.05, 3.63) is 242 Å². The van der Waals surface area contributed by atoms with E-state index in [0.717, 1.165) is 52.4 Å². The van der Waals surface area contributed by atoms with E-state index in [9.17, 15) is 26.4 Å². The van der Waals surface area contributed by atoms with Gasteiger partial charge in [0.05, 0.1) is 114 Å². The summed E-state index contributed by atoms with van der Waals surface area (Å²) >= 11 is 2.84. The van der Waals surface area contributed by atoms with E-state index >= 15 is 0 Å². The molecule has 0 spiro atoms. The van der Waals surface area contributed by atoms with E-state index < -0.39 is 20.0 Å². The number of amides is 3. The Morgan fingerprint density at radius 2 is 0.782 bits per heavy atom. The topological polar surface area (TPSA) is 516 Å². The van der Waals surface area contributed by atoms with Gasteiger partial charge in [-0.1, -0.05) is 57.9 Å². The minimum absolute atomic E-state index is 0.0124. The van der Waals surface area contributed by atoms with Crippen molar-refractivity contribution in [3.8, 4) is 34.1 Å². The average molecular weight is 1670 g/mol. The Balaban J connectivity index is 0.000000122. The second-order valence-corrected chi connectivity index (χ2v) is 31.4. The summed E-state index contributed by atoms with van der Waals surface area (Å²) < 4.78 is 64.2. The fraction of sp³-hybridized carbons (Fsp3) is 0.115. The van der Waals surface area contributed by atoms with Crippen molar-refractivity contribution in [3.63, 3.8) is 0 Å². The number of hydrogen-bond donors (Lipinski definition) is 10. The molecule has 0 aliphatic heterocycles. The normalized spacial score (nSPS) is 11.5. The number of unbranched alkanes of at least 4 members (excludes halogenated alkanes) is 1. The van der Waals surface area contributed by atoms with Gasteiger partial charge < -0.3 is 49.2 Å². The van der Waals surface area contributed by atoms with E-state index in [2.05, 4.69) is 115 Å². The highest BCUT2D eigenvalue weighted by Gasteiger charge is 2.20. The molecule has 0 saturated heterocycles. The van der Waals surface area contributed by atoms with Crippen LogP contribution in [0.15, 0.2) is 247 Å². The molecule has 37 nitrogen and oxygen atoms in total. The molecule has 18 aromatic rings. The van der Waals surface area contributed by atoms with Crippen molar-refractivity contribution in [2.24, 2.45) is 5.92 Å². The highest BCUT2D eigenvalue weighted by Crippen LogP contribution is 2.29. The summed E-state index contributed by atoms with van der Waals surface area (Å²) in [6.45, 7) is 6.09. The quantitative estimate of drug-likeness (QED) is 0.0339. The molecule has 5 aromatic carbocycles. The van der Waals surface area contributed by atoms with Crippen LogP contribution in [0.4, 0.5) is 62.3 Å². The number of nitrogen functional groups attached to an aromatic ring is 5. The summed E-state index contributed by atoms with van der Waals surface area (Å²) in [6.07, 6.45) is 22.0. The number of thiophene rings is 2. The van der Waals surface area contributed by atoms with Gasteiger partial charge in [0.2, 0.25) is 15.9 Å². The Labute approximate surface area is 686 Å². The van der Waals surface area contributed by atoms with Crippen LogP contribution in [0.3, 0.4) is 0 Å². The molecule has 0 saturated carbocycles. The number of nitrogens with one attached hydrogen (secondary N) is 5. The zero-order valence-corrected chi connectivity index (χ0v) is 66.8. The Hall–Kier alpha value is -15.2. The maximum absolute atomic E-state index is 12.4.